The molecule has 1 amide bonds. The largest absolute Gasteiger partial charge is 0.349 e. The van der Waals surface area contributed by atoms with Gasteiger partial charge in [-0.1, -0.05) is 6.92 Å². The van der Waals surface area contributed by atoms with Crippen LogP contribution >= 0.6 is 0 Å². The summed E-state index contributed by atoms with van der Waals surface area (Å²) < 4.78 is 0. The Balaban J connectivity index is 1.72. The number of carbonyl (C=O) groups is 1. The van der Waals surface area contributed by atoms with Crippen LogP contribution in [0.25, 0.3) is 0 Å². The second kappa shape index (κ2) is 6.49. The molecule has 3 N–H and O–H groups in total. The van der Waals surface area contributed by atoms with Gasteiger partial charge in [0, 0.05) is 19.0 Å². The van der Waals surface area contributed by atoms with Gasteiger partial charge in [-0.15, -0.1) is 5.10 Å². The zero-order valence-electron chi connectivity index (χ0n) is 10.8. The third-order valence-corrected chi connectivity index (χ3v) is 3.16. The van der Waals surface area contributed by atoms with E-state index in [1.54, 1.807) is 0 Å². The number of amides is 1. The van der Waals surface area contributed by atoms with E-state index in [-0.39, 0.29) is 11.7 Å². The summed E-state index contributed by atoms with van der Waals surface area (Å²) in [5, 5.41) is 13.0. The molecular weight excluding hydrogens is 230 g/mol. The molecular formula is C12H21N5O. The number of nitrogens with zero attached hydrogens (tertiary/aromatic N) is 2. The van der Waals surface area contributed by atoms with E-state index in [0.29, 0.717) is 12.6 Å². The van der Waals surface area contributed by atoms with E-state index in [1.165, 1.54) is 12.8 Å². The molecule has 1 atom stereocenters. The normalized spacial score (nSPS) is 19.1. The van der Waals surface area contributed by atoms with Crippen molar-refractivity contribution in [1.82, 2.24) is 25.8 Å². The maximum atomic E-state index is 11.8. The van der Waals surface area contributed by atoms with Gasteiger partial charge < -0.3 is 10.6 Å². The van der Waals surface area contributed by atoms with Crippen LogP contribution in [0.1, 0.15) is 49.1 Å². The first-order chi connectivity index (χ1) is 8.79. The number of H-pyrrole nitrogens is 1. The first-order valence-electron chi connectivity index (χ1n) is 6.72. The SMILES string of the molecule is CCCc1nc(C(=O)NCCC2CCCN2)n[nH]1. The molecule has 1 fully saturated rings. The lowest BCUT2D eigenvalue weighted by molar-refractivity contribution is 0.0942. The Hall–Kier alpha value is -1.43. The summed E-state index contributed by atoms with van der Waals surface area (Å²) in [6, 6.07) is 0.549. The molecule has 6 heteroatoms. The number of nitrogens with one attached hydrogen (secondary N) is 3. The Morgan fingerprint density at radius 1 is 1.56 bits per heavy atom. The van der Waals surface area contributed by atoms with Crippen LogP contribution in [0.2, 0.25) is 0 Å². The van der Waals surface area contributed by atoms with E-state index in [2.05, 4.69) is 32.7 Å². The van der Waals surface area contributed by atoms with Crippen LogP contribution in [-0.2, 0) is 6.42 Å². The number of aromatic amines is 1. The van der Waals surface area contributed by atoms with E-state index < -0.39 is 0 Å². The van der Waals surface area contributed by atoms with Gasteiger partial charge in [-0.2, -0.15) is 0 Å². The van der Waals surface area contributed by atoms with E-state index in [0.717, 1.165) is 31.6 Å². The van der Waals surface area contributed by atoms with E-state index in [9.17, 15) is 4.79 Å². The van der Waals surface area contributed by atoms with Crippen molar-refractivity contribution < 1.29 is 4.79 Å². The average Bonchev–Trinajstić information content (AvgIpc) is 3.00. The monoisotopic (exact) mass is 251 g/mol. The molecule has 2 heterocycles. The van der Waals surface area contributed by atoms with Gasteiger partial charge >= 0.3 is 0 Å². The van der Waals surface area contributed by atoms with Crippen molar-refractivity contribution in [2.24, 2.45) is 0 Å². The molecule has 1 unspecified atom stereocenters. The minimum Gasteiger partial charge on any atom is -0.349 e. The first kappa shape index (κ1) is 13.0. The van der Waals surface area contributed by atoms with Crippen LogP contribution in [-0.4, -0.2) is 40.2 Å². The van der Waals surface area contributed by atoms with Crippen molar-refractivity contribution in [3.8, 4) is 0 Å². The topological polar surface area (TPSA) is 82.7 Å². The van der Waals surface area contributed by atoms with E-state index in [4.69, 9.17) is 0 Å². The third-order valence-electron chi connectivity index (χ3n) is 3.16. The highest BCUT2D eigenvalue weighted by Gasteiger charge is 2.15. The lowest BCUT2D eigenvalue weighted by atomic mass is 10.1. The summed E-state index contributed by atoms with van der Waals surface area (Å²) in [5.41, 5.74) is 0. The highest BCUT2D eigenvalue weighted by Crippen LogP contribution is 2.07. The van der Waals surface area contributed by atoms with Crippen LogP contribution in [0.5, 0.6) is 0 Å². The van der Waals surface area contributed by atoms with Crippen molar-refractivity contribution in [3.05, 3.63) is 11.6 Å². The van der Waals surface area contributed by atoms with E-state index >= 15 is 0 Å². The number of hydrogen-bond donors (Lipinski definition) is 3. The molecule has 1 aliphatic heterocycles. The second-order valence-electron chi connectivity index (χ2n) is 4.69. The molecule has 6 nitrogen and oxygen atoms in total. The standard InChI is InChI=1S/C12H21N5O/c1-2-4-10-15-11(17-16-10)12(18)14-8-6-9-5-3-7-13-9/h9,13H,2-8H2,1H3,(H,14,18)(H,15,16,17). The Kier molecular flexibility index (Phi) is 4.69. The van der Waals surface area contributed by atoms with Crippen molar-refractivity contribution in [1.29, 1.82) is 0 Å². The van der Waals surface area contributed by atoms with Gasteiger partial charge in [-0.3, -0.25) is 9.89 Å². The quantitative estimate of drug-likeness (QED) is 0.692. The lowest BCUT2D eigenvalue weighted by Gasteiger charge is -2.09. The molecule has 1 aromatic heterocycles. The van der Waals surface area contributed by atoms with Gasteiger partial charge in [0.1, 0.15) is 5.82 Å². The molecule has 100 valence electrons. The Morgan fingerprint density at radius 3 is 3.17 bits per heavy atom. The highest BCUT2D eigenvalue weighted by molar-refractivity contribution is 5.90. The van der Waals surface area contributed by atoms with Gasteiger partial charge in [0.2, 0.25) is 5.82 Å². The Labute approximate surface area is 107 Å². The number of aromatic nitrogens is 3. The van der Waals surface area contributed by atoms with Crippen molar-refractivity contribution >= 4 is 5.91 Å². The smallest absolute Gasteiger partial charge is 0.290 e. The molecule has 1 saturated heterocycles. The zero-order valence-corrected chi connectivity index (χ0v) is 10.8. The van der Waals surface area contributed by atoms with Crippen LogP contribution in [0, 0.1) is 0 Å². The third kappa shape index (κ3) is 3.53. The van der Waals surface area contributed by atoms with Crippen molar-refractivity contribution in [2.45, 2.75) is 45.1 Å². The fourth-order valence-electron chi connectivity index (χ4n) is 2.19. The average molecular weight is 251 g/mol. The summed E-state index contributed by atoms with van der Waals surface area (Å²) in [7, 11) is 0. The van der Waals surface area contributed by atoms with Gasteiger partial charge in [0.25, 0.3) is 5.91 Å². The number of rotatable bonds is 6. The minimum atomic E-state index is -0.188. The van der Waals surface area contributed by atoms with Crippen LogP contribution in [0.4, 0.5) is 0 Å². The van der Waals surface area contributed by atoms with Gasteiger partial charge in [-0.25, -0.2) is 4.98 Å². The predicted molar refractivity (Wildman–Crippen MR) is 68.4 cm³/mol. The van der Waals surface area contributed by atoms with Crippen LogP contribution in [0.15, 0.2) is 0 Å². The van der Waals surface area contributed by atoms with Crippen LogP contribution in [0.3, 0.4) is 0 Å². The Bertz CT molecular complexity index is 384. The minimum absolute atomic E-state index is 0.188. The zero-order chi connectivity index (χ0) is 12.8. The number of hydrogen-bond acceptors (Lipinski definition) is 4. The number of carbonyl (C=O) groups excluding carboxylic acids is 1. The van der Waals surface area contributed by atoms with Crippen molar-refractivity contribution in [2.75, 3.05) is 13.1 Å². The molecule has 0 saturated carbocycles. The molecule has 1 aliphatic rings. The molecule has 0 aliphatic carbocycles. The molecule has 0 spiro atoms. The lowest BCUT2D eigenvalue weighted by Crippen LogP contribution is -2.31. The molecule has 0 bridgehead atoms. The predicted octanol–water partition coefficient (Wildman–Crippen LogP) is 0.629. The van der Waals surface area contributed by atoms with Crippen molar-refractivity contribution in [3.63, 3.8) is 0 Å². The maximum Gasteiger partial charge on any atom is 0.290 e. The summed E-state index contributed by atoms with van der Waals surface area (Å²) in [6.45, 7) is 3.84. The molecule has 0 aromatic carbocycles. The van der Waals surface area contributed by atoms with Gasteiger partial charge in [0.05, 0.1) is 0 Å². The molecule has 2 rings (SSSR count). The van der Waals surface area contributed by atoms with Gasteiger partial charge in [-0.05, 0) is 32.2 Å². The van der Waals surface area contributed by atoms with E-state index in [1.807, 2.05) is 0 Å². The summed E-state index contributed by atoms with van der Waals surface area (Å²) in [4.78, 5) is 15.9. The molecule has 1 aromatic rings. The summed E-state index contributed by atoms with van der Waals surface area (Å²) in [6.07, 6.45) is 5.23. The van der Waals surface area contributed by atoms with Gasteiger partial charge in [0.15, 0.2) is 0 Å². The summed E-state index contributed by atoms with van der Waals surface area (Å²) in [5.74, 6) is 0.838. The highest BCUT2D eigenvalue weighted by atomic mass is 16.2. The molecule has 18 heavy (non-hydrogen) atoms. The van der Waals surface area contributed by atoms with Crippen LogP contribution < -0.4 is 10.6 Å². The number of aryl methyl sites for hydroxylation is 1. The fraction of sp³-hybridized carbons (Fsp3) is 0.750. The second-order valence-corrected chi connectivity index (χ2v) is 4.69. The fourth-order valence-corrected chi connectivity index (χ4v) is 2.19. The molecule has 0 radical (unpaired) electrons. The first-order valence-corrected chi connectivity index (χ1v) is 6.72. The maximum absolute atomic E-state index is 11.8. The Morgan fingerprint density at radius 2 is 2.44 bits per heavy atom. The summed E-state index contributed by atoms with van der Waals surface area (Å²) >= 11 is 0.